The highest BCUT2D eigenvalue weighted by Crippen LogP contribution is 2.29. The van der Waals surface area contributed by atoms with Crippen LogP contribution in [0.1, 0.15) is 21.5 Å². The van der Waals surface area contributed by atoms with E-state index in [-0.39, 0.29) is 44.1 Å². The Kier molecular flexibility index (Phi) is 6.42. The lowest BCUT2D eigenvalue weighted by Crippen LogP contribution is -2.50. The predicted octanol–water partition coefficient (Wildman–Crippen LogP) is 3.50. The summed E-state index contributed by atoms with van der Waals surface area (Å²) in [6.07, 6.45) is -0.256. The number of rotatable bonds is 5. The van der Waals surface area contributed by atoms with Crippen molar-refractivity contribution in [3.05, 3.63) is 76.9 Å². The molecule has 3 aromatic carbocycles. The molecule has 1 atom stereocenters. The van der Waals surface area contributed by atoms with Crippen LogP contribution in [0.3, 0.4) is 0 Å². The van der Waals surface area contributed by atoms with Crippen LogP contribution in [0, 0.1) is 18.6 Å². The van der Waals surface area contributed by atoms with Gasteiger partial charge in [0, 0.05) is 31.1 Å². The van der Waals surface area contributed by atoms with Crippen molar-refractivity contribution in [2.45, 2.75) is 18.2 Å². The normalized spacial score (nSPS) is 16.4. The Bertz CT molecular complexity index is 1380. The number of halogens is 2. The maximum absolute atomic E-state index is 14.0. The predicted molar refractivity (Wildman–Crippen MR) is 127 cm³/mol. The molecule has 1 aliphatic rings. The average molecular weight is 487 g/mol. The molecular weight excluding hydrogens is 462 g/mol. The number of fused-ring (bicyclic) bond motifs is 1. The fourth-order valence-corrected chi connectivity index (χ4v) is 5.90. The molecule has 0 radical (unpaired) electrons. The Hall–Kier alpha value is -3.30. The van der Waals surface area contributed by atoms with Gasteiger partial charge in [-0.05, 0) is 71.1 Å². The van der Waals surface area contributed by atoms with Crippen molar-refractivity contribution in [3.8, 4) is 0 Å². The highest BCUT2D eigenvalue weighted by Gasteiger charge is 2.29. The summed E-state index contributed by atoms with van der Waals surface area (Å²) in [5.74, 6) is 1.57. The first-order valence-corrected chi connectivity index (χ1v) is 12.4. The van der Waals surface area contributed by atoms with Gasteiger partial charge >= 0.3 is 5.97 Å². The smallest absolute Gasteiger partial charge is 0.307 e. The van der Waals surface area contributed by atoms with Gasteiger partial charge in [0.25, 0.3) is 5.91 Å². The summed E-state index contributed by atoms with van der Waals surface area (Å²) in [7, 11) is -2.85. The molecule has 9 heteroatoms. The van der Waals surface area contributed by atoms with Crippen molar-refractivity contribution < 1.29 is 27.7 Å². The van der Waals surface area contributed by atoms with E-state index in [2.05, 4.69) is 5.87 Å². The zero-order valence-corrected chi connectivity index (χ0v) is 19.4. The number of hydrogen-bond donors (Lipinski definition) is 1. The second-order valence-electron chi connectivity index (χ2n) is 8.29. The van der Waals surface area contributed by atoms with Gasteiger partial charge < -0.3 is 10.0 Å². The summed E-state index contributed by atoms with van der Waals surface area (Å²) < 4.78 is 42.3. The highest BCUT2D eigenvalue weighted by atomic mass is 32.2. The zero-order chi connectivity index (χ0) is 24.6. The number of carboxylic acids is 1. The zero-order valence-electron chi connectivity index (χ0n) is 18.6. The van der Waals surface area contributed by atoms with Crippen LogP contribution in [0.25, 0.3) is 10.8 Å². The van der Waals surface area contributed by atoms with E-state index in [9.17, 15) is 27.7 Å². The van der Waals surface area contributed by atoms with Crippen LogP contribution < -0.4 is 0 Å². The van der Waals surface area contributed by atoms with Crippen molar-refractivity contribution in [2.24, 2.45) is 0 Å². The lowest BCUT2D eigenvalue weighted by atomic mass is 9.92. The Morgan fingerprint density at radius 1 is 1.00 bits per heavy atom. The molecule has 34 heavy (non-hydrogen) atoms. The SMILES string of the molecule is C=S(=O)(c1ccc(F)cc1)N1CCN(C(=O)c2c(C)c(CC(=O)O)cc3ccc(F)cc23)CC1. The lowest BCUT2D eigenvalue weighted by molar-refractivity contribution is -0.136. The van der Waals surface area contributed by atoms with Gasteiger partial charge in [0.05, 0.1) is 21.7 Å². The average Bonchev–Trinajstić information content (AvgIpc) is 2.79. The number of amides is 1. The van der Waals surface area contributed by atoms with Gasteiger partial charge in [-0.15, -0.1) is 0 Å². The second kappa shape index (κ2) is 9.15. The number of hydrogen-bond acceptors (Lipinski definition) is 3. The maximum atomic E-state index is 14.0. The van der Waals surface area contributed by atoms with Crippen molar-refractivity contribution in [3.63, 3.8) is 0 Å². The third-order valence-corrected chi connectivity index (χ3v) is 8.36. The lowest BCUT2D eigenvalue weighted by Gasteiger charge is -2.36. The van der Waals surface area contributed by atoms with Crippen molar-refractivity contribution >= 4 is 38.2 Å². The van der Waals surface area contributed by atoms with Crippen molar-refractivity contribution in [1.29, 1.82) is 0 Å². The van der Waals surface area contributed by atoms with E-state index in [1.54, 1.807) is 22.2 Å². The number of carboxylic acid groups (broad SMARTS) is 1. The molecule has 4 rings (SSSR count). The minimum atomic E-state index is -2.85. The maximum Gasteiger partial charge on any atom is 0.307 e. The molecule has 1 amide bonds. The topological polar surface area (TPSA) is 77.9 Å². The Morgan fingerprint density at radius 2 is 1.62 bits per heavy atom. The first-order chi connectivity index (χ1) is 16.1. The molecule has 3 aromatic rings. The summed E-state index contributed by atoms with van der Waals surface area (Å²) in [4.78, 5) is 26.9. The molecule has 1 fully saturated rings. The highest BCUT2D eigenvalue weighted by molar-refractivity contribution is 7.98. The van der Waals surface area contributed by atoms with Gasteiger partial charge in [-0.3, -0.25) is 9.59 Å². The number of carbonyl (C=O) groups is 2. The summed E-state index contributed by atoms with van der Waals surface area (Å²) in [6.45, 7) is 2.75. The van der Waals surface area contributed by atoms with Crippen LogP contribution in [-0.2, 0) is 20.9 Å². The summed E-state index contributed by atoms with van der Waals surface area (Å²) >= 11 is 0. The van der Waals surface area contributed by atoms with E-state index < -0.39 is 27.3 Å². The quantitative estimate of drug-likeness (QED) is 0.560. The van der Waals surface area contributed by atoms with Gasteiger partial charge in [-0.2, -0.15) is 0 Å². The van der Waals surface area contributed by atoms with Crippen molar-refractivity contribution in [1.82, 2.24) is 9.21 Å². The molecule has 1 N–H and O–H groups in total. The molecule has 0 bridgehead atoms. The minimum Gasteiger partial charge on any atom is -0.481 e. The third-order valence-electron chi connectivity index (χ3n) is 6.15. The number of nitrogens with zero attached hydrogens (tertiary/aromatic N) is 2. The molecule has 1 heterocycles. The number of carbonyl (C=O) groups excluding carboxylic acids is 1. The molecular formula is C25H24F2N2O4S. The van der Waals surface area contributed by atoms with Crippen LogP contribution in [-0.4, -0.2) is 62.4 Å². The van der Waals surface area contributed by atoms with Gasteiger partial charge in [-0.25, -0.2) is 17.3 Å². The van der Waals surface area contributed by atoms with E-state index in [0.29, 0.717) is 26.8 Å². The van der Waals surface area contributed by atoms with Crippen molar-refractivity contribution in [2.75, 3.05) is 26.2 Å². The Balaban J connectivity index is 1.62. The van der Waals surface area contributed by atoms with Crippen LogP contribution in [0.15, 0.2) is 53.4 Å². The molecule has 1 saturated heterocycles. The van der Waals surface area contributed by atoms with E-state index in [0.717, 1.165) is 0 Å². The molecule has 178 valence electrons. The van der Waals surface area contributed by atoms with Gasteiger partial charge in [0.15, 0.2) is 0 Å². The first kappa shape index (κ1) is 23.8. The molecule has 0 saturated carbocycles. The van der Waals surface area contributed by atoms with E-state index >= 15 is 0 Å². The Morgan fingerprint density at radius 3 is 2.24 bits per heavy atom. The van der Waals surface area contributed by atoms with E-state index in [4.69, 9.17) is 0 Å². The number of benzene rings is 3. The van der Waals surface area contributed by atoms with Gasteiger partial charge in [-0.1, -0.05) is 12.1 Å². The summed E-state index contributed by atoms with van der Waals surface area (Å²) in [6, 6.07) is 11.1. The first-order valence-electron chi connectivity index (χ1n) is 10.7. The standard InChI is InChI=1S/C25H24F2N2O4S/c1-16-18(14-23(30)31)13-17-3-4-20(27)15-22(17)24(16)25(32)28-9-11-29(12-10-28)34(2,33)21-7-5-19(26)6-8-21/h3-8,13,15H,2,9-12,14H2,1H3,(H,30,31). The Labute approximate surface area is 196 Å². The molecule has 6 nitrogen and oxygen atoms in total. The minimum absolute atomic E-state index is 0.256. The largest absolute Gasteiger partial charge is 0.481 e. The van der Waals surface area contributed by atoms with E-state index in [1.807, 2.05) is 0 Å². The number of piperazine rings is 1. The van der Waals surface area contributed by atoms with Crippen LogP contribution in [0.5, 0.6) is 0 Å². The van der Waals surface area contributed by atoms with Gasteiger partial charge in [0.1, 0.15) is 11.6 Å². The second-order valence-corrected chi connectivity index (χ2v) is 10.6. The monoisotopic (exact) mass is 486 g/mol. The summed E-state index contributed by atoms with van der Waals surface area (Å²) in [5.41, 5.74) is 1.27. The van der Waals surface area contributed by atoms with Gasteiger partial charge in [0.2, 0.25) is 0 Å². The summed E-state index contributed by atoms with van der Waals surface area (Å²) in [5, 5.41) is 10.3. The molecule has 0 aliphatic carbocycles. The molecule has 1 unspecified atom stereocenters. The number of aliphatic carboxylic acids is 1. The van der Waals surface area contributed by atoms with Crippen LogP contribution >= 0.6 is 0 Å². The fourth-order valence-electron chi connectivity index (χ4n) is 4.29. The molecule has 0 spiro atoms. The molecule has 0 aromatic heterocycles. The van der Waals surface area contributed by atoms with Crippen LogP contribution in [0.2, 0.25) is 0 Å². The van der Waals surface area contributed by atoms with E-state index in [1.165, 1.54) is 42.5 Å². The fraction of sp³-hybridized carbons (Fsp3) is 0.240. The third kappa shape index (κ3) is 4.53. The molecule has 1 aliphatic heterocycles. The van der Waals surface area contributed by atoms with Crippen LogP contribution in [0.4, 0.5) is 8.78 Å².